The maximum absolute atomic E-state index is 13.8. The first kappa shape index (κ1) is 25.0. The number of carbonyl (C=O) groups is 1. The van der Waals surface area contributed by atoms with E-state index in [0.717, 1.165) is 36.6 Å². The molecule has 0 aliphatic heterocycles. The van der Waals surface area contributed by atoms with Crippen molar-refractivity contribution < 1.29 is 9.53 Å². The van der Waals surface area contributed by atoms with Gasteiger partial charge in [0.2, 0.25) is 0 Å². The summed E-state index contributed by atoms with van der Waals surface area (Å²) in [6.45, 7) is 6.47. The number of ether oxygens (including phenoxy) is 1. The number of aromatic nitrogens is 3. The number of amides is 1. The van der Waals surface area contributed by atoms with Crippen LogP contribution in [0.3, 0.4) is 0 Å². The molecule has 9 heteroatoms. The summed E-state index contributed by atoms with van der Waals surface area (Å²) in [6.07, 6.45) is 4.08. The number of aryl methyl sites for hydroxylation is 1. The van der Waals surface area contributed by atoms with E-state index in [1.165, 1.54) is 9.47 Å². The van der Waals surface area contributed by atoms with E-state index in [1.807, 2.05) is 25.1 Å². The lowest BCUT2D eigenvalue weighted by Gasteiger charge is -2.25. The van der Waals surface area contributed by atoms with Crippen LogP contribution in [0.1, 0.15) is 62.0 Å². The van der Waals surface area contributed by atoms with Gasteiger partial charge in [-0.3, -0.25) is 24.1 Å². The molecular formula is C25H33N5O4. The zero-order chi connectivity index (χ0) is 24.8. The highest BCUT2D eigenvalue weighted by Crippen LogP contribution is 2.25. The molecule has 0 aliphatic rings. The number of rotatable bonds is 10. The predicted molar refractivity (Wildman–Crippen MR) is 135 cm³/mol. The Bertz CT molecular complexity index is 1290. The summed E-state index contributed by atoms with van der Waals surface area (Å²) in [5.74, 6) is 0.267. The molecule has 34 heavy (non-hydrogen) atoms. The van der Waals surface area contributed by atoms with Gasteiger partial charge in [-0.25, -0.2) is 4.79 Å². The third-order valence-electron chi connectivity index (χ3n) is 5.89. The molecule has 2 aromatic heterocycles. The van der Waals surface area contributed by atoms with Crippen molar-refractivity contribution in [2.45, 2.75) is 59.4 Å². The summed E-state index contributed by atoms with van der Waals surface area (Å²) in [5.41, 5.74) is 6.72. The monoisotopic (exact) mass is 467 g/mol. The van der Waals surface area contributed by atoms with Gasteiger partial charge in [0.1, 0.15) is 11.6 Å². The summed E-state index contributed by atoms with van der Waals surface area (Å²) < 4.78 is 6.64. The van der Waals surface area contributed by atoms with Gasteiger partial charge in [-0.15, -0.1) is 0 Å². The number of nitrogens with zero attached hydrogens (tertiary/aromatic N) is 3. The summed E-state index contributed by atoms with van der Waals surface area (Å²) >= 11 is 0. The minimum atomic E-state index is -0.673. The molecule has 0 saturated carbocycles. The third kappa shape index (κ3) is 5.13. The first-order valence-corrected chi connectivity index (χ1v) is 11.7. The number of H-pyrrole nitrogens is 1. The number of fused-ring (bicyclic) bond motifs is 1. The molecule has 0 bridgehead atoms. The molecule has 0 fully saturated rings. The average molecular weight is 468 g/mol. The quantitative estimate of drug-likeness (QED) is 0.439. The number of nitrogens with one attached hydrogen (secondary N) is 1. The van der Waals surface area contributed by atoms with Crippen LogP contribution in [0.15, 0.2) is 33.9 Å². The van der Waals surface area contributed by atoms with Crippen LogP contribution in [-0.2, 0) is 6.54 Å². The van der Waals surface area contributed by atoms with E-state index >= 15 is 0 Å². The molecule has 9 nitrogen and oxygen atoms in total. The van der Waals surface area contributed by atoms with Crippen molar-refractivity contribution in [1.29, 1.82) is 0 Å². The van der Waals surface area contributed by atoms with Gasteiger partial charge in [-0.1, -0.05) is 33.1 Å². The van der Waals surface area contributed by atoms with Gasteiger partial charge in [-0.05, 0) is 44.0 Å². The van der Waals surface area contributed by atoms with Crippen molar-refractivity contribution in [2.24, 2.45) is 0 Å². The fourth-order valence-corrected chi connectivity index (χ4v) is 3.95. The van der Waals surface area contributed by atoms with Crippen molar-refractivity contribution in [3.05, 3.63) is 56.4 Å². The van der Waals surface area contributed by atoms with Crippen molar-refractivity contribution in [3.8, 4) is 5.75 Å². The number of aromatic amines is 1. The molecular weight excluding hydrogens is 434 g/mol. The highest BCUT2D eigenvalue weighted by molar-refractivity contribution is 6.09. The summed E-state index contributed by atoms with van der Waals surface area (Å²) in [7, 11) is 1.58. The molecule has 1 aromatic carbocycles. The van der Waals surface area contributed by atoms with E-state index in [4.69, 9.17) is 10.5 Å². The van der Waals surface area contributed by atoms with E-state index in [0.29, 0.717) is 36.5 Å². The molecule has 0 radical (unpaired) electrons. The minimum absolute atomic E-state index is 0.000110. The molecule has 0 spiro atoms. The normalized spacial score (nSPS) is 11.1. The third-order valence-corrected chi connectivity index (χ3v) is 5.89. The Morgan fingerprint density at radius 3 is 2.56 bits per heavy atom. The van der Waals surface area contributed by atoms with Gasteiger partial charge < -0.3 is 15.4 Å². The van der Waals surface area contributed by atoms with E-state index in [-0.39, 0.29) is 17.4 Å². The smallest absolute Gasteiger partial charge is 0.330 e. The first-order valence-electron chi connectivity index (χ1n) is 11.7. The zero-order valence-corrected chi connectivity index (χ0v) is 20.3. The molecule has 3 aromatic rings. The maximum atomic E-state index is 13.8. The molecule has 3 N–H and O–H groups in total. The molecule has 0 atom stereocenters. The second-order valence-electron chi connectivity index (χ2n) is 8.34. The van der Waals surface area contributed by atoms with Crippen LogP contribution in [0.25, 0.3) is 10.9 Å². The van der Waals surface area contributed by atoms with Gasteiger partial charge in [-0.2, -0.15) is 0 Å². The lowest BCUT2D eigenvalue weighted by molar-refractivity contribution is 0.0985. The second-order valence-corrected chi connectivity index (χ2v) is 8.34. The zero-order valence-electron chi connectivity index (χ0n) is 20.3. The fourth-order valence-electron chi connectivity index (χ4n) is 3.95. The Labute approximate surface area is 198 Å². The highest BCUT2D eigenvalue weighted by atomic mass is 16.5. The molecule has 3 rings (SSSR count). The number of methoxy groups -OCH3 is 1. The molecule has 2 heterocycles. The Kier molecular flexibility index (Phi) is 8.09. The van der Waals surface area contributed by atoms with Gasteiger partial charge in [0.15, 0.2) is 5.69 Å². The van der Waals surface area contributed by atoms with Gasteiger partial charge in [0, 0.05) is 18.5 Å². The number of nitrogen functional groups attached to an aromatic ring is 1. The number of anilines is 2. The van der Waals surface area contributed by atoms with E-state index in [1.54, 1.807) is 20.1 Å². The SMILES string of the molecule is CCCCCN(C(=O)c1cc2cc(OC)ccc2nc1C)c1c(N)n(CCCC)c(=O)[nH]c1=O. The van der Waals surface area contributed by atoms with Crippen molar-refractivity contribution >= 4 is 28.3 Å². The van der Waals surface area contributed by atoms with Gasteiger partial charge in [0.25, 0.3) is 11.5 Å². The van der Waals surface area contributed by atoms with Crippen LogP contribution < -0.4 is 26.6 Å². The molecule has 182 valence electrons. The van der Waals surface area contributed by atoms with Crippen LogP contribution in [0.4, 0.5) is 11.5 Å². The number of carbonyl (C=O) groups excluding carboxylic acids is 1. The van der Waals surface area contributed by atoms with Crippen LogP contribution >= 0.6 is 0 Å². The van der Waals surface area contributed by atoms with Crippen molar-refractivity contribution in [2.75, 3.05) is 24.3 Å². The topological polar surface area (TPSA) is 123 Å². The van der Waals surface area contributed by atoms with Crippen molar-refractivity contribution in [1.82, 2.24) is 14.5 Å². The van der Waals surface area contributed by atoms with Crippen LogP contribution in [-0.4, -0.2) is 34.1 Å². The maximum Gasteiger partial charge on any atom is 0.330 e. The van der Waals surface area contributed by atoms with Crippen LogP contribution in [0, 0.1) is 6.92 Å². The Morgan fingerprint density at radius 1 is 1.15 bits per heavy atom. The summed E-state index contributed by atoms with van der Waals surface area (Å²) in [6, 6.07) is 7.22. The summed E-state index contributed by atoms with van der Waals surface area (Å²) in [4.78, 5) is 47.5. The Morgan fingerprint density at radius 2 is 1.88 bits per heavy atom. The lowest BCUT2D eigenvalue weighted by Crippen LogP contribution is -2.42. The lowest BCUT2D eigenvalue weighted by atomic mass is 10.1. The Balaban J connectivity index is 2.15. The van der Waals surface area contributed by atoms with Crippen molar-refractivity contribution in [3.63, 3.8) is 0 Å². The highest BCUT2D eigenvalue weighted by Gasteiger charge is 2.26. The Hall–Kier alpha value is -3.62. The van der Waals surface area contributed by atoms with Crippen LogP contribution in [0.2, 0.25) is 0 Å². The molecule has 0 aliphatic carbocycles. The number of pyridine rings is 1. The summed E-state index contributed by atoms with van der Waals surface area (Å²) in [5, 5.41) is 0.747. The predicted octanol–water partition coefficient (Wildman–Crippen LogP) is 3.62. The number of unbranched alkanes of at least 4 members (excludes halogenated alkanes) is 3. The van der Waals surface area contributed by atoms with E-state index in [2.05, 4.69) is 16.9 Å². The van der Waals surface area contributed by atoms with Gasteiger partial charge in [0.05, 0.1) is 23.9 Å². The number of hydrogen-bond donors (Lipinski definition) is 2. The second kappa shape index (κ2) is 11.0. The first-order chi connectivity index (χ1) is 16.3. The van der Waals surface area contributed by atoms with E-state index in [9.17, 15) is 14.4 Å². The largest absolute Gasteiger partial charge is 0.497 e. The fraction of sp³-hybridized carbons (Fsp3) is 0.440. The number of benzene rings is 1. The molecule has 1 amide bonds. The minimum Gasteiger partial charge on any atom is -0.497 e. The number of hydrogen-bond acceptors (Lipinski definition) is 6. The van der Waals surface area contributed by atoms with E-state index < -0.39 is 11.2 Å². The standard InChI is InChI=1S/C25H33N5O4/c1-5-7-9-13-29(21-22(26)30(12-8-6-2)25(33)28-23(21)31)24(32)19-15-17-14-18(34-4)10-11-20(17)27-16(19)3/h10-11,14-15H,5-9,12-13,26H2,1-4H3,(H,28,31,33). The average Bonchev–Trinajstić information content (AvgIpc) is 2.81. The molecule has 0 saturated heterocycles. The molecule has 0 unspecified atom stereocenters. The number of nitrogens with two attached hydrogens (primary N) is 1. The van der Waals surface area contributed by atoms with Gasteiger partial charge >= 0.3 is 5.69 Å². The van der Waals surface area contributed by atoms with Crippen LogP contribution in [0.5, 0.6) is 5.75 Å².